The van der Waals surface area contributed by atoms with E-state index in [0.29, 0.717) is 12.1 Å². The Balaban J connectivity index is 3.24. The SMILES string of the molecule is O=S(O)c1cccc(C(F)(F)C(F)(F)F)c1. The second-order valence-electron chi connectivity index (χ2n) is 2.85. The first-order chi connectivity index (χ1) is 7.16. The number of benzene rings is 1. The summed E-state index contributed by atoms with van der Waals surface area (Å²) in [6.07, 6.45) is -5.73. The third kappa shape index (κ3) is 2.38. The van der Waals surface area contributed by atoms with E-state index in [-0.39, 0.29) is 0 Å². The molecule has 0 bridgehead atoms. The van der Waals surface area contributed by atoms with Crippen LogP contribution in [0.5, 0.6) is 0 Å². The van der Waals surface area contributed by atoms with E-state index in [1.54, 1.807) is 0 Å². The second kappa shape index (κ2) is 4.10. The Bertz CT molecular complexity index is 415. The summed E-state index contributed by atoms with van der Waals surface area (Å²) in [6, 6.07) is 2.73. The second-order valence-corrected chi connectivity index (χ2v) is 3.82. The van der Waals surface area contributed by atoms with Crippen LogP contribution in [0.25, 0.3) is 0 Å². The molecular formula is C8H5F5O2S. The van der Waals surface area contributed by atoms with Crippen molar-refractivity contribution in [3.05, 3.63) is 29.8 Å². The van der Waals surface area contributed by atoms with E-state index < -0.39 is 33.6 Å². The summed E-state index contributed by atoms with van der Waals surface area (Å²) < 4.78 is 80.6. The summed E-state index contributed by atoms with van der Waals surface area (Å²) in [5, 5.41) is 0. The molecule has 0 amide bonds. The largest absolute Gasteiger partial charge is 0.458 e. The van der Waals surface area contributed by atoms with Crippen LogP contribution in [0.3, 0.4) is 0 Å². The molecule has 0 aromatic heterocycles. The third-order valence-corrected chi connectivity index (χ3v) is 2.41. The predicted octanol–water partition coefficient (Wildman–Crippen LogP) is 2.92. The lowest BCUT2D eigenvalue weighted by molar-refractivity contribution is -0.289. The van der Waals surface area contributed by atoms with E-state index in [9.17, 15) is 26.2 Å². The van der Waals surface area contributed by atoms with Crippen LogP contribution in [0.4, 0.5) is 22.0 Å². The highest BCUT2D eigenvalue weighted by molar-refractivity contribution is 7.79. The molecule has 0 saturated heterocycles. The molecule has 1 atom stereocenters. The van der Waals surface area contributed by atoms with Crippen molar-refractivity contribution in [1.29, 1.82) is 0 Å². The lowest BCUT2D eigenvalue weighted by Crippen LogP contribution is -2.33. The molecular weight excluding hydrogens is 255 g/mol. The number of hydrogen-bond acceptors (Lipinski definition) is 1. The van der Waals surface area contributed by atoms with Crippen LogP contribution >= 0.6 is 0 Å². The van der Waals surface area contributed by atoms with Crippen molar-refractivity contribution in [3.63, 3.8) is 0 Å². The van der Waals surface area contributed by atoms with E-state index in [0.717, 1.165) is 12.1 Å². The van der Waals surface area contributed by atoms with Gasteiger partial charge in [-0.05, 0) is 12.1 Å². The molecule has 0 radical (unpaired) electrons. The summed E-state index contributed by atoms with van der Waals surface area (Å²) in [7, 11) is 0. The average molecular weight is 260 g/mol. The molecule has 1 aromatic rings. The molecule has 1 N–H and O–H groups in total. The molecule has 2 nitrogen and oxygen atoms in total. The fourth-order valence-corrected chi connectivity index (χ4v) is 1.39. The van der Waals surface area contributed by atoms with Gasteiger partial charge in [0.05, 0.1) is 4.90 Å². The van der Waals surface area contributed by atoms with Gasteiger partial charge in [0.2, 0.25) is 0 Å². The molecule has 1 aromatic carbocycles. The lowest BCUT2D eigenvalue weighted by Gasteiger charge is -2.19. The molecule has 0 heterocycles. The maximum atomic E-state index is 12.8. The number of rotatable bonds is 2. The van der Waals surface area contributed by atoms with Gasteiger partial charge in [-0.15, -0.1) is 0 Å². The van der Waals surface area contributed by atoms with E-state index >= 15 is 0 Å². The van der Waals surface area contributed by atoms with Gasteiger partial charge in [0.15, 0.2) is 11.1 Å². The van der Waals surface area contributed by atoms with Crippen molar-refractivity contribution in [3.8, 4) is 0 Å². The summed E-state index contributed by atoms with van der Waals surface area (Å²) in [6.45, 7) is 0. The van der Waals surface area contributed by atoms with Crippen molar-refractivity contribution in [2.45, 2.75) is 17.0 Å². The summed E-state index contributed by atoms with van der Waals surface area (Å²) in [4.78, 5) is -0.513. The Morgan fingerprint density at radius 2 is 1.69 bits per heavy atom. The smallest absolute Gasteiger partial charge is 0.302 e. The molecule has 16 heavy (non-hydrogen) atoms. The zero-order valence-electron chi connectivity index (χ0n) is 7.46. The molecule has 0 saturated carbocycles. The van der Waals surface area contributed by atoms with Gasteiger partial charge >= 0.3 is 12.1 Å². The van der Waals surface area contributed by atoms with E-state index in [2.05, 4.69) is 0 Å². The summed E-state index contributed by atoms with van der Waals surface area (Å²) in [5.41, 5.74) is -1.36. The Morgan fingerprint density at radius 3 is 2.12 bits per heavy atom. The monoisotopic (exact) mass is 260 g/mol. The number of hydrogen-bond donors (Lipinski definition) is 1. The van der Waals surface area contributed by atoms with Crippen molar-refractivity contribution in [2.24, 2.45) is 0 Å². The third-order valence-electron chi connectivity index (χ3n) is 1.75. The normalized spacial score (nSPS) is 14.9. The van der Waals surface area contributed by atoms with Crippen LogP contribution in [0.15, 0.2) is 29.2 Å². The first-order valence-corrected chi connectivity index (χ1v) is 4.93. The fraction of sp³-hybridized carbons (Fsp3) is 0.250. The van der Waals surface area contributed by atoms with Gasteiger partial charge < -0.3 is 4.55 Å². The average Bonchev–Trinajstić information content (AvgIpc) is 2.16. The van der Waals surface area contributed by atoms with Gasteiger partial charge in [0, 0.05) is 5.56 Å². The standard InChI is InChI=1S/C8H5F5O2S/c9-7(10,8(11,12)13)5-2-1-3-6(4-5)16(14)15/h1-4H,(H,14,15). The Kier molecular flexibility index (Phi) is 3.34. The van der Waals surface area contributed by atoms with Gasteiger partial charge in [-0.2, -0.15) is 22.0 Å². The van der Waals surface area contributed by atoms with Crippen LogP contribution in [-0.4, -0.2) is 14.9 Å². The van der Waals surface area contributed by atoms with Gasteiger partial charge in [-0.3, -0.25) is 0 Å². The minimum Gasteiger partial charge on any atom is -0.302 e. The molecule has 0 aliphatic rings. The van der Waals surface area contributed by atoms with E-state index in [1.165, 1.54) is 0 Å². The van der Waals surface area contributed by atoms with Gasteiger partial charge in [-0.1, -0.05) is 12.1 Å². The van der Waals surface area contributed by atoms with E-state index in [4.69, 9.17) is 4.55 Å². The van der Waals surface area contributed by atoms with Crippen molar-refractivity contribution in [1.82, 2.24) is 0 Å². The van der Waals surface area contributed by atoms with Gasteiger partial charge in [0.1, 0.15) is 0 Å². The first-order valence-electron chi connectivity index (χ1n) is 3.82. The molecule has 0 aliphatic heterocycles. The van der Waals surface area contributed by atoms with Crippen molar-refractivity contribution >= 4 is 11.1 Å². The topological polar surface area (TPSA) is 37.3 Å². The van der Waals surface area contributed by atoms with Crippen molar-refractivity contribution < 1.29 is 30.7 Å². The number of alkyl halides is 5. The Labute approximate surface area is 89.4 Å². The Morgan fingerprint density at radius 1 is 1.12 bits per heavy atom. The van der Waals surface area contributed by atoms with Crippen LogP contribution in [0.2, 0.25) is 0 Å². The highest BCUT2D eigenvalue weighted by Gasteiger charge is 2.58. The molecule has 0 fully saturated rings. The minimum absolute atomic E-state index is 0.351. The molecule has 0 aliphatic carbocycles. The van der Waals surface area contributed by atoms with Gasteiger partial charge in [0.25, 0.3) is 0 Å². The van der Waals surface area contributed by atoms with Gasteiger partial charge in [-0.25, -0.2) is 4.21 Å². The molecule has 1 rings (SSSR count). The molecule has 1 unspecified atom stereocenters. The minimum atomic E-state index is -5.73. The lowest BCUT2D eigenvalue weighted by atomic mass is 10.1. The predicted molar refractivity (Wildman–Crippen MR) is 45.4 cm³/mol. The highest BCUT2D eigenvalue weighted by atomic mass is 32.2. The van der Waals surface area contributed by atoms with Crippen LogP contribution in [0, 0.1) is 0 Å². The van der Waals surface area contributed by atoms with Crippen molar-refractivity contribution in [2.75, 3.05) is 0 Å². The summed E-state index contributed by atoms with van der Waals surface area (Å²) >= 11 is -2.60. The number of halogens is 5. The van der Waals surface area contributed by atoms with Crippen LogP contribution in [-0.2, 0) is 17.0 Å². The highest BCUT2D eigenvalue weighted by Crippen LogP contribution is 2.43. The zero-order chi connectivity index (χ0) is 12.6. The quantitative estimate of drug-likeness (QED) is 0.655. The van der Waals surface area contributed by atoms with Crippen LogP contribution < -0.4 is 0 Å². The first kappa shape index (κ1) is 13.0. The molecule has 90 valence electrons. The van der Waals surface area contributed by atoms with E-state index in [1.807, 2.05) is 0 Å². The maximum Gasteiger partial charge on any atom is 0.458 e. The Hall–Kier alpha value is -1.02. The fourth-order valence-electron chi connectivity index (χ4n) is 0.964. The maximum absolute atomic E-state index is 12.8. The van der Waals surface area contributed by atoms with Crippen LogP contribution in [0.1, 0.15) is 5.56 Å². The summed E-state index contributed by atoms with van der Waals surface area (Å²) in [5.74, 6) is -5.04. The zero-order valence-corrected chi connectivity index (χ0v) is 8.28. The molecule has 8 heteroatoms. The molecule has 0 spiro atoms.